The van der Waals surface area contributed by atoms with Crippen LogP contribution in [0.3, 0.4) is 0 Å². The Morgan fingerprint density at radius 2 is 2.06 bits per heavy atom. The SMILES string of the molecule is Nc1[nH]ncc1C(O)c1c[nH]c2ccccc12. The number of aliphatic hydroxyl groups excluding tert-OH is 1. The molecule has 2 heterocycles. The van der Waals surface area contributed by atoms with E-state index in [1.54, 1.807) is 12.4 Å². The number of anilines is 1. The number of para-hydroxylation sites is 1. The number of rotatable bonds is 2. The number of aromatic nitrogens is 3. The van der Waals surface area contributed by atoms with Crippen molar-refractivity contribution in [3.8, 4) is 0 Å². The predicted molar refractivity (Wildman–Crippen MR) is 65.4 cm³/mol. The second-order valence-corrected chi connectivity index (χ2v) is 3.93. The van der Waals surface area contributed by atoms with Gasteiger partial charge < -0.3 is 15.8 Å². The third-order valence-electron chi connectivity index (χ3n) is 2.91. The third kappa shape index (κ3) is 1.48. The molecule has 0 aliphatic carbocycles. The molecule has 0 saturated carbocycles. The van der Waals surface area contributed by atoms with E-state index in [0.717, 1.165) is 16.5 Å². The molecule has 0 fully saturated rings. The lowest BCUT2D eigenvalue weighted by atomic mass is 10.0. The molecule has 0 aliphatic heterocycles. The quantitative estimate of drug-likeness (QED) is 0.536. The van der Waals surface area contributed by atoms with Gasteiger partial charge in [-0.25, -0.2) is 0 Å². The molecule has 3 aromatic rings. The van der Waals surface area contributed by atoms with Crippen molar-refractivity contribution in [2.45, 2.75) is 6.10 Å². The number of hydrogen-bond acceptors (Lipinski definition) is 3. The molecular formula is C12H12N4O. The molecule has 86 valence electrons. The largest absolute Gasteiger partial charge is 0.384 e. The molecule has 1 aromatic carbocycles. The molecule has 5 heteroatoms. The number of nitrogens with one attached hydrogen (secondary N) is 2. The topological polar surface area (TPSA) is 90.7 Å². The van der Waals surface area contributed by atoms with Gasteiger partial charge in [-0.3, -0.25) is 5.10 Å². The summed E-state index contributed by atoms with van der Waals surface area (Å²) in [7, 11) is 0. The van der Waals surface area contributed by atoms with Crippen molar-refractivity contribution in [3.05, 3.63) is 47.8 Å². The number of nitrogens with two attached hydrogens (primary N) is 1. The van der Waals surface area contributed by atoms with Crippen LogP contribution in [0.5, 0.6) is 0 Å². The number of H-pyrrole nitrogens is 2. The van der Waals surface area contributed by atoms with Gasteiger partial charge >= 0.3 is 0 Å². The Kier molecular flexibility index (Phi) is 2.12. The Morgan fingerprint density at radius 3 is 2.82 bits per heavy atom. The molecule has 3 rings (SSSR count). The van der Waals surface area contributed by atoms with Gasteiger partial charge in [-0.15, -0.1) is 0 Å². The van der Waals surface area contributed by atoms with E-state index in [0.29, 0.717) is 11.4 Å². The van der Waals surface area contributed by atoms with E-state index < -0.39 is 6.10 Å². The number of nitrogen functional groups attached to an aromatic ring is 1. The van der Waals surface area contributed by atoms with Gasteiger partial charge in [0.05, 0.1) is 6.20 Å². The van der Waals surface area contributed by atoms with E-state index in [1.807, 2.05) is 24.3 Å². The monoisotopic (exact) mass is 228 g/mol. The Hall–Kier alpha value is -2.27. The maximum Gasteiger partial charge on any atom is 0.125 e. The fourth-order valence-corrected chi connectivity index (χ4v) is 2.01. The summed E-state index contributed by atoms with van der Waals surface area (Å²) in [5.74, 6) is 0.391. The Bertz CT molecular complexity index is 655. The summed E-state index contributed by atoms with van der Waals surface area (Å²) in [6.45, 7) is 0. The van der Waals surface area contributed by atoms with Crippen LogP contribution in [0, 0.1) is 0 Å². The van der Waals surface area contributed by atoms with Gasteiger partial charge in [-0.2, -0.15) is 5.10 Å². The molecule has 1 atom stereocenters. The molecule has 17 heavy (non-hydrogen) atoms. The normalized spacial score (nSPS) is 13.0. The number of aliphatic hydroxyl groups is 1. The highest BCUT2D eigenvalue weighted by Gasteiger charge is 2.18. The zero-order valence-electron chi connectivity index (χ0n) is 9.01. The van der Waals surface area contributed by atoms with E-state index in [4.69, 9.17) is 5.73 Å². The van der Waals surface area contributed by atoms with Gasteiger partial charge in [0.1, 0.15) is 11.9 Å². The summed E-state index contributed by atoms with van der Waals surface area (Å²) >= 11 is 0. The van der Waals surface area contributed by atoms with Crippen molar-refractivity contribution in [1.82, 2.24) is 15.2 Å². The lowest BCUT2D eigenvalue weighted by molar-refractivity contribution is 0.222. The van der Waals surface area contributed by atoms with Crippen LogP contribution in [0.25, 0.3) is 10.9 Å². The molecule has 0 radical (unpaired) electrons. The fraction of sp³-hybridized carbons (Fsp3) is 0.0833. The van der Waals surface area contributed by atoms with Crippen LogP contribution >= 0.6 is 0 Å². The van der Waals surface area contributed by atoms with Crippen LogP contribution in [-0.2, 0) is 0 Å². The molecule has 0 spiro atoms. The molecular weight excluding hydrogens is 216 g/mol. The third-order valence-corrected chi connectivity index (χ3v) is 2.91. The van der Waals surface area contributed by atoms with Crippen molar-refractivity contribution < 1.29 is 5.11 Å². The first-order chi connectivity index (χ1) is 8.27. The maximum atomic E-state index is 10.3. The molecule has 0 bridgehead atoms. The van der Waals surface area contributed by atoms with Crippen molar-refractivity contribution in [1.29, 1.82) is 0 Å². The second-order valence-electron chi connectivity index (χ2n) is 3.93. The van der Waals surface area contributed by atoms with Gasteiger partial charge in [0.25, 0.3) is 0 Å². The highest BCUT2D eigenvalue weighted by molar-refractivity contribution is 5.84. The maximum absolute atomic E-state index is 10.3. The lowest BCUT2D eigenvalue weighted by Gasteiger charge is -2.08. The van der Waals surface area contributed by atoms with E-state index in [1.165, 1.54) is 0 Å². The molecule has 0 amide bonds. The summed E-state index contributed by atoms with van der Waals surface area (Å²) in [5, 5.41) is 17.7. The molecule has 5 nitrogen and oxygen atoms in total. The first kappa shape index (κ1) is 9.92. The Balaban J connectivity index is 2.13. The highest BCUT2D eigenvalue weighted by Crippen LogP contribution is 2.30. The van der Waals surface area contributed by atoms with Crippen LogP contribution in [0.2, 0.25) is 0 Å². The number of aromatic amines is 2. The molecule has 2 aromatic heterocycles. The summed E-state index contributed by atoms with van der Waals surface area (Å²) in [5.41, 5.74) is 8.08. The van der Waals surface area contributed by atoms with Gasteiger partial charge in [-0.05, 0) is 6.07 Å². The van der Waals surface area contributed by atoms with Crippen LogP contribution < -0.4 is 5.73 Å². The van der Waals surface area contributed by atoms with Crippen molar-refractivity contribution in [3.63, 3.8) is 0 Å². The number of benzene rings is 1. The average Bonchev–Trinajstić information content (AvgIpc) is 2.94. The number of nitrogens with zero attached hydrogens (tertiary/aromatic N) is 1. The number of fused-ring (bicyclic) bond motifs is 1. The first-order valence-corrected chi connectivity index (χ1v) is 5.30. The van der Waals surface area contributed by atoms with Crippen molar-refractivity contribution >= 4 is 16.7 Å². The van der Waals surface area contributed by atoms with Crippen LogP contribution in [0.15, 0.2) is 36.7 Å². The summed E-state index contributed by atoms with van der Waals surface area (Å²) in [6.07, 6.45) is 2.56. The minimum atomic E-state index is -0.773. The van der Waals surface area contributed by atoms with Crippen molar-refractivity contribution in [2.24, 2.45) is 0 Å². The van der Waals surface area contributed by atoms with Gasteiger partial charge in [-0.1, -0.05) is 18.2 Å². The fourth-order valence-electron chi connectivity index (χ4n) is 2.01. The highest BCUT2D eigenvalue weighted by atomic mass is 16.3. The van der Waals surface area contributed by atoms with E-state index >= 15 is 0 Å². The minimum absolute atomic E-state index is 0.391. The molecule has 0 aliphatic rings. The van der Waals surface area contributed by atoms with Gasteiger partial charge in [0.2, 0.25) is 0 Å². The minimum Gasteiger partial charge on any atom is -0.384 e. The van der Waals surface area contributed by atoms with E-state index in [2.05, 4.69) is 15.2 Å². The summed E-state index contributed by atoms with van der Waals surface area (Å²) < 4.78 is 0. The van der Waals surface area contributed by atoms with Crippen LogP contribution in [0.4, 0.5) is 5.82 Å². The van der Waals surface area contributed by atoms with Crippen LogP contribution in [-0.4, -0.2) is 20.3 Å². The van der Waals surface area contributed by atoms with Gasteiger partial charge in [0.15, 0.2) is 0 Å². The molecule has 1 unspecified atom stereocenters. The van der Waals surface area contributed by atoms with E-state index in [9.17, 15) is 5.11 Å². The zero-order chi connectivity index (χ0) is 11.8. The van der Waals surface area contributed by atoms with Crippen molar-refractivity contribution in [2.75, 3.05) is 5.73 Å². The van der Waals surface area contributed by atoms with Gasteiger partial charge in [0, 0.05) is 28.2 Å². The standard InChI is InChI=1S/C12H12N4O/c13-12-9(6-15-16-12)11(17)8-5-14-10-4-2-1-3-7(8)10/h1-6,11,14,17H,(H3,13,15,16). The smallest absolute Gasteiger partial charge is 0.125 e. The van der Waals surface area contributed by atoms with E-state index in [-0.39, 0.29) is 0 Å². The lowest BCUT2D eigenvalue weighted by Crippen LogP contribution is -2.01. The predicted octanol–water partition coefficient (Wildman–Crippen LogP) is 1.55. The number of hydrogen-bond donors (Lipinski definition) is 4. The summed E-state index contributed by atoms with van der Waals surface area (Å²) in [4.78, 5) is 3.12. The molecule has 0 saturated heterocycles. The Morgan fingerprint density at radius 1 is 1.24 bits per heavy atom. The average molecular weight is 228 g/mol. The zero-order valence-corrected chi connectivity index (χ0v) is 9.01. The van der Waals surface area contributed by atoms with Crippen LogP contribution in [0.1, 0.15) is 17.2 Å². The molecule has 5 N–H and O–H groups in total. The summed E-state index contributed by atoms with van der Waals surface area (Å²) in [6, 6.07) is 7.80. The first-order valence-electron chi connectivity index (χ1n) is 5.30. The second kappa shape index (κ2) is 3.64. The Labute approximate surface area is 97.3 Å².